The molecule has 0 amide bonds. The molecule has 1 saturated heterocycles. The van der Waals surface area contributed by atoms with Crippen molar-refractivity contribution in [1.82, 2.24) is 9.88 Å². The Bertz CT molecular complexity index is 318. The number of hydrogen-bond acceptors (Lipinski definition) is 4. The van der Waals surface area contributed by atoms with Crippen molar-refractivity contribution in [3.8, 4) is 0 Å². The number of β-amino-alcohol motifs (C(OH)–C–C–N with tert-alkyl or cyclic N) is 1. The largest absolute Gasteiger partial charge is 0.387 e. The van der Waals surface area contributed by atoms with Crippen LogP contribution in [0.3, 0.4) is 0 Å². The molecular formula is C10H16N2OS. The van der Waals surface area contributed by atoms with Gasteiger partial charge in [-0.1, -0.05) is 6.92 Å². The van der Waals surface area contributed by atoms with Crippen molar-refractivity contribution < 1.29 is 5.11 Å². The number of rotatable bonds is 3. The van der Waals surface area contributed by atoms with Crippen molar-refractivity contribution in [2.45, 2.75) is 32.4 Å². The highest BCUT2D eigenvalue weighted by atomic mass is 32.1. The summed E-state index contributed by atoms with van der Waals surface area (Å²) in [5, 5.41) is 13.0. The monoisotopic (exact) mass is 212 g/mol. The standard InChI is InChI=1S/C10H16N2OS/c1-3-10(13)6-12(7-10)4-9-5-14-8(2)11-9/h5,13H,3-4,6-7H2,1-2H3. The Hall–Kier alpha value is -0.450. The first-order valence-corrected chi connectivity index (χ1v) is 5.85. The minimum absolute atomic E-state index is 0.426. The summed E-state index contributed by atoms with van der Waals surface area (Å²) in [6.45, 7) is 6.52. The van der Waals surface area contributed by atoms with Crippen molar-refractivity contribution >= 4 is 11.3 Å². The van der Waals surface area contributed by atoms with Crippen LogP contribution in [0.2, 0.25) is 0 Å². The van der Waals surface area contributed by atoms with Gasteiger partial charge < -0.3 is 5.11 Å². The van der Waals surface area contributed by atoms with Gasteiger partial charge in [0, 0.05) is 25.0 Å². The van der Waals surface area contributed by atoms with Gasteiger partial charge in [0.05, 0.1) is 16.3 Å². The molecule has 3 nitrogen and oxygen atoms in total. The fraction of sp³-hybridized carbons (Fsp3) is 0.700. The van der Waals surface area contributed by atoms with E-state index in [0.29, 0.717) is 0 Å². The highest BCUT2D eigenvalue weighted by Crippen LogP contribution is 2.25. The molecule has 78 valence electrons. The molecule has 1 aliphatic heterocycles. The van der Waals surface area contributed by atoms with E-state index in [4.69, 9.17) is 0 Å². The van der Waals surface area contributed by atoms with Crippen molar-refractivity contribution in [1.29, 1.82) is 0 Å². The van der Waals surface area contributed by atoms with Crippen LogP contribution in [0.15, 0.2) is 5.38 Å². The van der Waals surface area contributed by atoms with Gasteiger partial charge in [-0.25, -0.2) is 4.98 Å². The maximum Gasteiger partial charge on any atom is 0.0897 e. The lowest BCUT2D eigenvalue weighted by atomic mass is 9.91. The molecule has 14 heavy (non-hydrogen) atoms. The number of aryl methyl sites for hydroxylation is 1. The van der Waals surface area contributed by atoms with Crippen LogP contribution in [-0.4, -0.2) is 33.7 Å². The topological polar surface area (TPSA) is 36.4 Å². The summed E-state index contributed by atoms with van der Waals surface area (Å²) in [4.78, 5) is 6.64. The molecule has 0 aromatic carbocycles. The number of hydrogen-bond donors (Lipinski definition) is 1. The maximum absolute atomic E-state index is 9.81. The first-order chi connectivity index (χ1) is 6.61. The minimum atomic E-state index is -0.426. The molecule has 2 heterocycles. The van der Waals surface area contributed by atoms with Crippen LogP contribution in [0.25, 0.3) is 0 Å². The van der Waals surface area contributed by atoms with Crippen LogP contribution in [0.4, 0.5) is 0 Å². The predicted molar refractivity (Wildman–Crippen MR) is 57.4 cm³/mol. The molecular weight excluding hydrogens is 196 g/mol. The smallest absolute Gasteiger partial charge is 0.0897 e. The van der Waals surface area contributed by atoms with E-state index < -0.39 is 5.60 Å². The fourth-order valence-corrected chi connectivity index (χ4v) is 2.44. The van der Waals surface area contributed by atoms with E-state index in [1.165, 1.54) is 0 Å². The third kappa shape index (κ3) is 1.97. The Morgan fingerprint density at radius 2 is 2.36 bits per heavy atom. The number of nitrogens with zero attached hydrogens (tertiary/aromatic N) is 2. The zero-order valence-corrected chi connectivity index (χ0v) is 9.47. The Balaban J connectivity index is 1.85. The van der Waals surface area contributed by atoms with E-state index >= 15 is 0 Å². The second-order valence-electron chi connectivity index (χ2n) is 4.08. The lowest BCUT2D eigenvalue weighted by molar-refractivity contribution is -0.103. The SMILES string of the molecule is CCC1(O)CN(Cc2csc(C)n2)C1. The van der Waals surface area contributed by atoms with Gasteiger partial charge >= 0.3 is 0 Å². The van der Waals surface area contributed by atoms with Gasteiger partial charge in [0.25, 0.3) is 0 Å². The molecule has 0 unspecified atom stereocenters. The van der Waals surface area contributed by atoms with E-state index in [2.05, 4.69) is 15.3 Å². The van der Waals surface area contributed by atoms with E-state index in [1.807, 2.05) is 13.8 Å². The molecule has 0 saturated carbocycles. The maximum atomic E-state index is 9.81. The average molecular weight is 212 g/mol. The van der Waals surface area contributed by atoms with Gasteiger partial charge in [0.2, 0.25) is 0 Å². The van der Waals surface area contributed by atoms with Crippen molar-refractivity contribution in [2.75, 3.05) is 13.1 Å². The van der Waals surface area contributed by atoms with Crippen molar-refractivity contribution in [3.63, 3.8) is 0 Å². The molecule has 1 aromatic rings. The van der Waals surface area contributed by atoms with Gasteiger partial charge in [-0.15, -0.1) is 11.3 Å². The van der Waals surface area contributed by atoms with Crippen LogP contribution >= 0.6 is 11.3 Å². The third-order valence-electron chi connectivity index (χ3n) is 2.75. The highest BCUT2D eigenvalue weighted by molar-refractivity contribution is 7.09. The molecule has 2 rings (SSSR count). The first kappa shape index (κ1) is 10.1. The van der Waals surface area contributed by atoms with Gasteiger partial charge in [0.1, 0.15) is 0 Å². The predicted octanol–water partition coefficient (Wildman–Crippen LogP) is 1.41. The summed E-state index contributed by atoms with van der Waals surface area (Å²) >= 11 is 1.69. The summed E-state index contributed by atoms with van der Waals surface area (Å²) in [6.07, 6.45) is 0.847. The molecule has 1 aliphatic rings. The highest BCUT2D eigenvalue weighted by Gasteiger charge is 2.39. The lowest BCUT2D eigenvalue weighted by Gasteiger charge is -2.45. The summed E-state index contributed by atoms with van der Waals surface area (Å²) < 4.78 is 0. The molecule has 0 radical (unpaired) electrons. The zero-order chi connectivity index (χ0) is 10.2. The second kappa shape index (κ2) is 3.61. The zero-order valence-electron chi connectivity index (χ0n) is 8.66. The number of aromatic nitrogens is 1. The van der Waals surface area contributed by atoms with Crippen LogP contribution < -0.4 is 0 Å². The van der Waals surface area contributed by atoms with Gasteiger partial charge in [0.15, 0.2) is 0 Å². The summed E-state index contributed by atoms with van der Waals surface area (Å²) in [6, 6.07) is 0. The van der Waals surface area contributed by atoms with Gasteiger partial charge in [-0.05, 0) is 13.3 Å². The molecule has 0 atom stereocenters. The number of thiazole rings is 1. The van der Waals surface area contributed by atoms with Crippen LogP contribution in [0, 0.1) is 6.92 Å². The summed E-state index contributed by atoms with van der Waals surface area (Å²) in [5.74, 6) is 0. The Morgan fingerprint density at radius 3 is 2.86 bits per heavy atom. The van der Waals surface area contributed by atoms with Crippen LogP contribution in [0.1, 0.15) is 24.0 Å². The molecule has 0 spiro atoms. The third-order valence-corrected chi connectivity index (χ3v) is 3.57. The lowest BCUT2D eigenvalue weighted by Crippen LogP contribution is -2.60. The van der Waals surface area contributed by atoms with E-state index in [9.17, 15) is 5.11 Å². The first-order valence-electron chi connectivity index (χ1n) is 4.97. The Labute approximate surface area is 88.4 Å². The molecule has 0 aliphatic carbocycles. The average Bonchev–Trinajstić information content (AvgIpc) is 2.48. The van der Waals surface area contributed by atoms with Gasteiger partial charge in [-0.2, -0.15) is 0 Å². The van der Waals surface area contributed by atoms with E-state index in [1.54, 1.807) is 11.3 Å². The van der Waals surface area contributed by atoms with Gasteiger partial charge in [-0.3, -0.25) is 4.90 Å². The van der Waals surface area contributed by atoms with E-state index in [0.717, 1.165) is 36.8 Å². The summed E-state index contributed by atoms with van der Waals surface area (Å²) in [5.41, 5.74) is 0.705. The molecule has 1 N–H and O–H groups in total. The quantitative estimate of drug-likeness (QED) is 0.823. The number of likely N-dealkylation sites (tertiary alicyclic amines) is 1. The molecule has 1 fully saturated rings. The Morgan fingerprint density at radius 1 is 1.64 bits per heavy atom. The second-order valence-corrected chi connectivity index (χ2v) is 5.14. The number of aliphatic hydroxyl groups is 1. The molecule has 0 bridgehead atoms. The van der Waals surface area contributed by atoms with Crippen LogP contribution in [0.5, 0.6) is 0 Å². The fourth-order valence-electron chi connectivity index (χ4n) is 1.83. The minimum Gasteiger partial charge on any atom is -0.387 e. The Kier molecular flexibility index (Phi) is 2.60. The van der Waals surface area contributed by atoms with Crippen molar-refractivity contribution in [2.24, 2.45) is 0 Å². The summed E-state index contributed by atoms with van der Waals surface area (Å²) in [7, 11) is 0. The normalized spacial score (nSPS) is 20.8. The van der Waals surface area contributed by atoms with Crippen LogP contribution in [-0.2, 0) is 6.54 Å². The van der Waals surface area contributed by atoms with Crippen molar-refractivity contribution in [3.05, 3.63) is 16.1 Å². The molecule has 1 aromatic heterocycles. The molecule has 4 heteroatoms. The van der Waals surface area contributed by atoms with E-state index in [-0.39, 0.29) is 0 Å².